The molecule has 1 aromatic rings. The first-order chi connectivity index (χ1) is 9.42. The predicted molar refractivity (Wildman–Crippen MR) is 80.0 cm³/mol. The van der Waals surface area contributed by atoms with E-state index in [1.807, 2.05) is 13.8 Å². The summed E-state index contributed by atoms with van der Waals surface area (Å²) in [6, 6.07) is -0.0778. The Morgan fingerprint density at radius 2 is 2.05 bits per heavy atom. The van der Waals surface area contributed by atoms with Crippen molar-refractivity contribution in [1.82, 2.24) is 20.2 Å². The standard InChI is InChI=1S/C13H26N4O2S/c1-5-6-7-8-10(2)17-20(18,19)13-12(9-14-4)11(3)15-16-13/h10,14,17H,5-9H2,1-4H3,(H,15,16). The maximum atomic E-state index is 12.4. The number of nitrogens with zero attached hydrogens (tertiary/aromatic N) is 1. The second-order valence-corrected chi connectivity index (χ2v) is 6.81. The third-order valence-electron chi connectivity index (χ3n) is 3.24. The zero-order valence-corrected chi connectivity index (χ0v) is 13.6. The zero-order valence-electron chi connectivity index (χ0n) is 12.8. The molecule has 0 aliphatic heterocycles. The van der Waals surface area contributed by atoms with Crippen LogP contribution in [0.1, 0.15) is 50.8 Å². The van der Waals surface area contributed by atoms with Crippen molar-refractivity contribution < 1.29 is 8.42 Å². The number of hydrogen-bond acceptors (Lipinski definition) is 4. The summed E-state index contributed by atoms with van der Waals surface area (Å²) in [5.41, 5.74) is 1.47. The topological polar surface area (TPSA) is 86.9 Å². The molecule has 0 amide bonds. The van der Waals surface area contributed by atoms with E-state index in [2.05, 4.69) is 27.2 Å². The van der Waals surface area contributed by atoms with Crippen molar-refractivity contribution in [3.05, 3.63) is 11.3 Å². The van der Waals surface area contributed by atoms with Gasteiger partial charge in [0.05, 0.1) is 0 Å². The molecule has 0 fully saturated rings. The Labute approximate surface area is 121 Å². The highest BCUT2D eigenvalue weighted by molar-refractivity contribution is 7.89. The Kier molecular flexibility index (Phi) is 6.64. The summed E-state index contributed by atoms with van der Waals surface area (Å²) in [6.07, 6.45) is 4.13. The number of sulfonamides is 1. The van der Waals surface area contributed by atoms with E-state index in [1.165, 1.54) is 0 Å². The summed E-state index contributed by atoms with van der Waals surface area (Å²) in [5.74, 6) is 0. The van der Waals surface area contributed by atoms with Gasteiger partial charge in [0.2, 0.25) is 0 Å². The van der Waals surface area contributed by atoms with Crippen LogP contribution in [0.5, 0.6) is 0 Å². The minimum absolute atomic E-state index is 0.0778. The second-order valence-electron chi connectivity index (χ2n) is 5.18. The van der Waals surface area contributed by atoms with Gasteiger partial charge in [-0.15, -0.1) is 0 Å². The lowest BCUT2D eigenvalue weighted by atomic mass is 10.1. The molecule has 1 heterocycles. The van der Waals surface area contributed by atoms with Crippen LogP contribution in [0.25, 0.3) is 0 Å². The van der Waals surface area contributed by atoms with Crippen molar-refractivity contribution in [3.63, 3.8) is 0 Å². The summed E-state index contributed by atoms with van der Waals surface area (Å²) >= 11 is 0. The maximum absolute atomic E-state index is 12.4. The Balaban J connectivity index is 2.78. The molecule has 0 bridgehead atoms. The average Bonchev–Trinajstić information content (AvgIpc) is 2.72. The Hall–Kier alpha value is -0.920. The molecular weight excluding hydrogens is 276 g/mol. The fourth-order valence-corrected chi connectivity index (χ4v) is 3.59. The smallest absolute Gasteiger partial charge is 0.260 e. The minimum atomic E-state index is -3.56. The number of aromatic nitrogens is 2. The fourth-order valence-electron chi connectivity index (χ4n) is 2.12. The van der Waals surface area contributed by atoms with Gasteiger partial charge in [0.1, 0.15) is 0 Å². The highest BCUT2D eigenvalue weighted by atomic mass is 32.2. The Bertz CT molecular complexity index is 510. The number of aryl methyl sites for hydroxylation is 1. The Morgan fingerprint density at radius 3 is 2.65 bits per heavy atom. The quantitative estimate of drug-likeness (QED) is 0.606. The van der Waals surface area contributed by atoms with Gasteiger partial charge in [-0.05, 0) is 27.3 Å². The minimum Gasteiger partial charge on any atom is -0.316 e. The molecular formula is C13H26N4O2S. The number of nitrogens with one attached hydrogen (secondary N) is 3. The van der Waals surface area contributed by atoms with E-state index in [0.29, 0.717) is 12.1 Å². The van der Waals surface area contributed by atoms with Crippen LogP contribution in [-0.2, 0) is 16.6 Å². The van der Waals surface area contributed by atoms with E-state index in [4.69, 9.17) is 0 Å². The molecule has 0 spiro atoms. The molecule has 0 saturated carbocycles. The molecule has 116 valence electrons. The molecule has 20 heavy (non-hydrogen) atoms. The molecule has 1 atom stereocenters. The molecule has 1 aromatic heterocycles. The Morgan fingerprint density at radius 1 is 1.35 bits per heavy atom. The molecule has 0 saturated heterocycles. The molecule has 1 unspecified atom stereocenters. The summed E-state index contributed by atoms with van der Waals surface area (Å²) in [4.78, 5) is 0. The first-order valence-electron chi connectivity index (χ1n) is 7.13. The van der Waals surface area contributed by atoms with Crippen LogP contribution in [0.2, 0.25) is 0 Å². The fraction of sp³-hybridized carbons (Fsp3) is 0.769. The van der Waals surface area contributed by atoms with Crippen LogP contribution >= 0.6 is 0 Å². The van der Waals surface area contributed by atoms with Crippen LogP contribution in [0.15, 0.2) is 5.03 Å². The van der Waals surface area contributed by atoms with Gasteiger partial charge in [-0.1, -0.05) is 26.2 Å². The number of unbranched alkanes of at least 4 members (excludes halogenated alkanes) is 2. The SMILES string of the molecule is CCCCCC(C)NS(=O)(=O)c1n[nH]c(C)c1CNC. The number of H-pyrrole nitrogens is 1. The van der Waals surface area contributed by atoms with E-state index >= 15 is 0 Å². The van der Waals surface area contributed by atoms with E-state index in [0.717, 1.165) is 31.4 Å². The molecule has 7 heteroatoms. The summed E-state index contributed by atoms with van der Waals surface area (Å²) in [6.45, 7) is 6.32. The van der Waals surface area contributed by atoms with Gasteiger partial charge in [-0.25, -0.2) is 13.1 Å². The monoisotopic (exact) mass is 302 g/mol. The number of hydrogen-bond donors (Lipinski definition) is 3. The van der Waals surface area contributed by atoms with Crippen molar-refractivity contribution in [3.8, 4) is 0 Å². The van der Waals surface area contributed by atoms with Crippen molar-refractivity contribution in [2.45, 2.75) is 64.1 Å². The summed E-state index contributed by atoms with van der Waals surface area (Å²) in [5, 5.41) is 9.75. The molecule has 3 N–H and O–H groups in total. The lowest BCUT2D eigenvalue weighted by molar-refractivity contribution is 0.524. The normalized spacial score (nSPS) is 13.6. The van der Waals surface area contributed by atoms with Crippen molar-refractivity contribution in [2.75, 3.05) is 7.05 Å². The third kappa shape index (κ3) is 4.57. The third-order valence-corrected chi connectivity index (χ3v) is 4.80. The molecule has 1 rings (SSSR count). The predicted octanol–water partition coefficient (Wildman–Crippen LogP) is 1.68. The van der Waals surface area contributed by atoms with Gasteiger partial charge in [0.25, 0.3) is 10.0 Å². The first kappa shape index (κ1) is 17.1. The van der Waals surface area contributed by atoms with Crippen LogP contribution < -0.4 is 10.0 Å². The van der Waals surface area contributed by atoms with Crippen molar-refractivity contribution in [1.29, 1.82) is 0 Å². The zero-order chi connectivity index (χ0) is 15.2. The van der Waals surface area contributed by atoms with Gasteiger partial charge >= 0.3 is 0 Å². The van der Waals surface area contributed by atoms with E-state index < -0.39 is 10.0 Å². The van der Waals surface area contributed by atoms with Gasteiger partial charge in [0.15, 0.2) is 5.03 Å². The van der Waals surface area contributed by atoms with Crippen molar-refractivity contribution >= 4 is 10.0 Å². The summed E-state index contributed by atoms with van der Waals surface area (Å²) in [7, 11) is -1.78. The second kappa shape index (κ2) is 7.75. The van der Waals surface area contributed by atoms with E-state index in [1.54, 1.807) is 7.05 Å². The molecule has 0 aliphatic carbocycles. The maximum Gasteiger partial charge on any atom is 0.260 e. The van der Waals surface area contributed by atoms with Crippen LogP contribution in [-0.4, -0.2) is 31.7 Å². The van der Waals surface area contributed by atoms with Crippen LogP contribution in [0.4, 0.5) is 0 Å². The van der Waals surface area contributed by atoms with Crippen molar-refractivity contribution in [2.24, 2.45) is 0 Å². The van der Waals surface area contributed by atoms with Crippen LogP contribution in [0.3, 0.4) is 0 Å². The number of rotatable bonds is 9. The van der Waals surface area contributed by atoms with Gasteiger partial charge < -0.3 is 5.32 Å². The number of aromatic amines is 1. The highest BCUT2D eigenvalue weighted by Gasteiger charge is 2.24. The van der Waals surface area contributed by atoms with Gasteiger partial charge in [0, 0.05) is 23.8 Å². The van der Waals surface area contributed by atoms with Gasteiger partial charge in [-0.3, -0.25) is 5.10 Å². The largest absolute Gasteiger partial charge is 0.316 e. The van der Waals surface area contributed by atoms with Crippen LogP contribution in [0, 0.1) is 6.92 Å². The molecule has 0 aliphatic rings. The molecule has 0 radical (unpaired) electrons. The highest BCUT2D eigenvalue weighted by Crippen LogP contribution is 2.17. The molecule has 0 aromatic carbocycles. The van der Waals surface area contributed by atoms with E-state index in [9.17, 15) is 8.42 Å². The van der Waals surface area contributed by atoms with E-state index in [-0.39, 0.29) is 11.1 Å². The van der Waals surface area contributed by atoms with Gasteiger partial charge in [-0.2, -0.15) is 5.10 Å². The lowest BCUT2D eigenvalue weighted by Gasteiger charge is -2.13. The average molecular weight is 302 g/mol. The lowest BCUT2D eigenvalue weighted by Crippen LogP contribution is -2.33. The first-order valence-corrected chi connectivity index (χ1v) is 8.61. The molecule has 6 nitrogen and oxygen atoms in total. The summed E-state index contributed by atoms with van der Waals surface area (Å²) < 4.78 is 27.4.